The number of rotatable bonds is 5. The molecule has 1 aliphatic heterocycles. The predicted octanol–water partition coefficient (Wildman–Crippen LogP) is 4.25. The molecule has 2 aliphatic rings. The first-order valence-electron chi connectivity index (χ1n) is 9.97. The van der Waals surface area contributed by atoms with Crippen molar-refractivity contribution in [2.24, 2.45) is 5.16 Å². The zero-order valence-electron chi connectivity index (χ0n) is 15.9. The molecule has 0 amide bonds. The highest BCUT2D eigenvalue weighted by Crippen LogP contribution is 2.31. The molecular weight excluding hydrogens is 386 g/mol. The molecule has 0 bridgehead atoms. The van der Waals surface area contributed by atoms with Crippen LogP contribution in [-0.2, 0) is 4.84 Å². The van der Waals surface area contributed by atoms with Gasteiger partial charge in [-0.05, 0) is 55.5 Å². The van der Waals surface area contributed by atoms with E-state index in [9.17, 15) is 5.11 Å². The highest BCUT2D eigenvalue weighted by atomic mass is 32.1. The van der Waals surface area contributed by atoms with E-state index in [1.807, 2.05) is 30.5 Å². The molecule has 29 heavy (non-hydrogen) atoms. The van der Waals surface area contributed by atoms with Gasteiger partial charge in [0.25, 0.3) is 0 Å². The second-order valence-electron chi connectivity index (χ2n) is 7.59. The monoisotopic (exact) mass is 409 g/mol. The number of fused-ring (bicyclic) bond motifs is 1. The number of hydrogen-bond acceptors (Lipinski definition) is 8. The molecule has 1 unspecified atom stereocenters. The average molecular weight is 410 g/mol. The van der Waals surface area contributed by atoms with Gasteiger partial charge in [0.2, 0.25) is 0 Å². The van der Waals surface area contributed by atoms with Gasteiger partial charge in [0.15, 0.2) is 5.13 Å². The minimum absolute atomic E-state index is 0.151. The molecule has 150 valence electrons. The third kappa shape index (κ3) is 4.18. The second kappa shape index (κ2) is 7.96. The smallest absolute Gasteiger partial charge is 0.189 e. The van der Waals surface area contributed by atoms with Crippen molar-refractivity contribution >= 4 is 44.5 Å². The lowest BCUT2D eigenvalue weighted by Crippen LogP contribution is -2.28. The van der Waals surface area contributed by atoms with Gasteiger partial charge in [0.1, 0.15) is 18.2 Å². The van der Waals surface area contributed by atoms with Gasteiger partial charge >= 0.3 is 0 Å². The topological polar surface area (TPSA) is 91.7 Å². The Kier molecular flexibility index (Phi) is 5.03. The van der Waals surface area contributed by atoms with Crippen LogP contribution >= 0.6 is 11.3 Å². The predicted molar refractivity (Wildman–Crippen MR) is 116 cm³/mol. The van der Waals surface area contributed by atoms with E-state index in [-0.39, 0.29) is 12.0 Å². The van der Waals surface area contributed by atoms with E-state index < -0.39 is 0 Å². The number of benzene rings is 1. The molecule has 1 aliphatic carbocycles. The fraction of sp³-hybridized carbons (Fsp3) is 0.381. The van der Waals surface area contributed by atoms with Crippen molar-refractivity contribution in [2.75, 3.05) is 17.2 Å². The number of nitrogens with one attached hydrogen (secondary N) is 2. The Hall–Kier alpha value is -2.71. The number of oxime groups is 1. The fourth-order valence-corrected chi connectivity index (χ4v) is 4.74. The summed E-state index contributed by atoms with van der Waals surface area (Å²) in [6.07, 6.45) is 5.33. The summed E-state index contributed by atoms with van der Waals surface area (Å²) in [5.74, 6) is 1.82. The van der Waals surface area contributed by atoms with Crippen LogP contribution in [0.3, 0.4) is 0 Å². The van der Waals surface area contributed by atoms with Crippen LogP contribution in [-0.4, -0.2) is 40.0 Å². The van der Waals surface area contributed by atoms with E-state index >= 15 is 0 Å². The van der Waals surface area contributed by atoms with E-state index in [4.69, 9.17) is 4.84 Å². The van der Waals surface area contributed by atoms with Gasteiger partial charge in [0, 0.05) is 6.04 Å². The number of pyridine rings is 1. The van der Waals surface area contributed by atoms with Crippen molar-refractivity contribution < 1.29 is 9.94 Å². The Morgan fingerprint density at radius 1 is 1.03 bits per heavy atom. The van der Waals surface area contributed by atoms with Crippen molar-refractivity contribution in [3.63, 3.8) is 0 Å². The average Bonchev–Trinajstić information content (AvgIpc) is 3.39. The zero-order chi connectivity index (χ0) is 19.6. The Morgan fingerprint density at radius 2 is 1.90 bits per heavy atom. The number of aromatic nitrogens is 2. The molecule has 5 rings (SSSR count). The molecule has 1 saturated carbocycles. The Balaban J connectivity index is 1.29. The number of hydrogen-bond donors (Lipinski definition) is 3. The summed E-state index contributed by atoms with van der Waals surface area (Å²) in [6.45, 7) is 0.596. The summed E-state index contributed by atoms with van der Waals surface area (Å²) in [5, 5.41) is 21.2. The van der Waals surface area contributed by atoms with Crippen molar-refractivity contribution in [1.82, 2.24) is 9.97 Å². The highest BCUT2D eigenvalue weighted by Gasteiger charge is 2.19. The van der Waals surface area contributed by atoms with Gasteiger partial charge in [-0.15, -0.1) is 0 Å². The van der Waals surface area contributed by atoms with Crippen molar-refractivity contribution in [2.45, 2.75) is 43.7 Å². The quantitative estimate of drug-likeness (QED) is 0.583. The maximum Gasteiger partial charge on any atom is 0.189 e. The van der Waals surface area contributed by atoms with Gasteiger partial charge in [-0.2, -0.15) is 0 Å². The number of aliphatic hydroxyl groups is 1. The normalized spacial score (nSPS) is 23.8. The molecule has 0 spiro atoms. The summed E-state index contributed by atoms with van der Waals surface area (Å²) < 4.78 is 1.13. The molecule has 3 heterocycles. The summed E-state index contributed by atoms with van der Waals surface area (Å²) in [5.41, 5.74) is 2.16. The standard InChI is InChI=1S/C21H23N5O2S/c27-16-7-5-15(6-8-16)23-19-2-1-3-20(25-19)26-21-24-17-9-4-13(10-18(17)29-21)14-11-22-28-12-14/h1-4,9-11,14-16,27H,5-8,12H2,(H2,23,24,25,26). The molecule has 1 fully saturated rings. The Bertz CT molecular complexity index is 1030. The van der Waals surface area contributed by atoms with Crippen molar-refractivity contribution in [3.05, 3.63) is 42.0 Å². The molecule has 3 aromatic rings. The van der Waals surface area contributed by atoms with E-state index in [0.717, 1.165) is 52.7 Å². The lowest BCUT2D eigenvalue weighted by Gasteiger charge is -2.26. The maximum absolute atomic E-state index is 9.67. The number of thiazole rings is 1. The van der Waals surface area contributed by atoms with E-state index in [2.05, 4.69) is 37.9 Å². The van der Waals surface area contributed by atoms with Gasteiger partial charge in [-0.3, -0.25) is 0 Å². The summed E-state index contributed by atoms with van der Waals surface area (Å²) in [7, 11) is 0. The molecule has 0 saturated heterocycles. The van der Waals surface area contributed by atoms with Gasteiger partial charge in [-0.25, -0.2) is 9.97 Å². The minimum Gasteiger partial charge on any atom is -0.395 e. The fourth-order valence-electron chi connectivity index (χ4n) is 3.81. The lowest BCUT2D eigenvalue weighted by atomic mass is 9.93. The first kappa shape index (κ1) is 18.3. The van der Waals surface area contributed by atoms with Crippen molar-refractivity contribution in [3.8, 4) is 0 Å². The van der Waals surface area contributed by atoms with Crippen LogP contribution in [0, 0.1) is 0 Å². The Morgan fingerprint density at radius 3 is 2.72 bits per heavy atom. The van der Waals surface area contributed by atoms with E-state index in [1.165, 1.54) is 5.56 Å². The number of anilines is 3. The van der Waals surface area contributed by atoms with Gasteiger partial charge in [0.05, 0.1) is 28.5 Å². The summed E-state index contributed by atoms with van der Waals surface area (Å²) in [4.78, 5) is 14.5. The molecule has 1 aromatic carbocycles. The minimum atomic E-state index is -0.151. The third-order valence-corrected chi connectivity index (χ3v) is 6.38. The maximum atomic E-state index is 9.67. The van der Waals surface area contributed by atoms with Crippen LogP contribution in [0.25, 0.3) is 10.2 Å². The van der Waals surface area contributed by atoms with Crippen molar-refractivity contribution in [1.29, 1.82) is 0 Å². The number of nitrogens with zero attached hydrogens (tertiary/aromatic N) is 3. The van der Waals surface area contributed by atoms with E-state index in [1.54, 1.807) is 11.3 Å². The highest BCUT2D eigenvalue weighted by molar-refractivity contribution is 7.22. The summed E-state index contributed by atoms with van der Waals surface area (Å²) >= 11 is 1.61. The van der Waals surface area contributed by atoms with Gasteiger partial charge in [-0.1, -0.05) is 28.6 Å². The van der Waals surface area contributed by atoms with Crippen LogP contribution < -0.4 is 10.6 Å². The molecule has 8 heteroatoms. The van der Waals surface area contributed by atoms with Crippen LogP contribution in [0.2, 0.25) is 0 Å². The second-order valence-corrected chi connectivity index (χ2v) is 8.62. The zero-order valence-corrected chi connectivity index (χ0v) is 16.7. The van der Waals surface area contributed by atoms with Gasteiger partial charge < -0.3 is 20.6 Å². The first-order valence-corrected chi connectivity index (χ1v) is 10.8. The van der Waals surface area contributed by atoms with Crippen LogP contribution in [0.1, 0.15) is 37.2 Å². The SMILES string of the molecule is OC1CCC(Nc2cccc(Nc3nc4ccc(C5C=NOC5)cc4s3)n2)CC1. The summed E-state index contributed by atoms with van der Waals surface area (Å²) in [6, 6.07) is 12.6. The molecule has 2 aromatic heterocycles. The molecule has 1 atom stereocenters. The first-order chi connectivity index (χ1) is 14.2. The molecule has 3 N–H and O–H groups in total. The van der Waals surface area contributed by atoms with Crippen LogP contribution in [0.15, 0.2) is 41.6 Å². The third-order valence-electron chi connectivity index (χ3n) is 5.44. The number of aliphatic hydroxyl groups excluding tert-OH is 1. The Labute approximate surface area is 172 Å². The van der Waals surface area contributed by atoms with E-state index in [0.29, 0.717) is 12.6 Å². The lowest BCUT2D eigenvalue weighted by molar-refractivity contribution is 0.126. The largest absolute Gasteiger partial charge is 0.395 e. The van der Waals surface area contributed by atoms with Crippen LogP contribution in [0.4, 0.5) is 16.8 Å². The molecular formula is C21H23N5O2S. The van der Waals surface area contributed by atoms with Crippen LogP contribution in [0.5, 0.6) is 0 Å². The molecule has 0 radical (unpaired) electrons. The molecule has 7 nitrogen and oxygen atoms in total.